The van der Waals surface area contributed by atoms with E-state index in [1.807, 2.05) is 31.2 Å². The predicted octanol–water partition coefficient (Wildman–Crippen LogP) is 3.28. The summed E-state index contributed by atoms with van der Waals surface area (Å²) in [6.45, 7) is 5.88. The Labute approximate surface area is 96.2 Å². The number of benzene rings is 1. The lowest BCUT2D eigenvalue weighted by molar-refractivity contribution is 0.0549. The lowest BCUT2D eigenvalue weighted by Crippen LogP contribution is -2.04. The third kappa shape index (κ3) is 4.13. The highest BCUT2D eigenvalue weighted by atomic mass is 16.5. The van der Waals surface area contributed by atoms with Gasteiger partial charge in [0.1, 0.15) is 6.61 Å². The van der Waals surface area contributed by atoms with Crippen LogP contribution in [0, 0.1) is 6.92 Å². The molecule has 0 saturated heterocycles. The average molecular weight is 216 g/mol. The second kappa shape index (κ2) is 6.62. The van der Waals surface area contributed by atoms with Gasteiger partial charge >= 0.3 is 5.97 Å². The highest BCUT2D eigenvalue weighted by molar-refractivity contribution is 5.89. The Morgan fingerprint density at radius 2 is 2.00 bits per heavy atom. The molecule has 0 amide bonds. The van der Waals surface area contributed by atoms with Crippen LogP contribution in [0.4, 0.5) is 0 Å². The van der Waals surface area contributed by atoms with Gasteiger partial charge in [-0.25, -0.2) is 4.79 Å². The van der Waals surface area contributed by atoms with Crippen LogP contribution in [0.3, 0.4) is 0 Å². The number of carbonyl (C=O) groups is 1. The van der Waals surface area contributed by atoms with Crippen molar-refractivity contribution in [3.63, 3.8) is 0 Å². The van der Waals surface area contributed by atoms with Crippen molar-refractivity contribution in [3.05, 3.63) is 60.2 Å². The fraction of sp³-hybridized carbons (Fsp3) is 0.214. The Morgan fingerprint density at radius 3 is 2.62 bits per heavy atom. The second-order valence-electron chi connectivity index (χ2n) is 3.46. The first-order chi connectivity index (χ1) is 7.74. The molecule has 0 aliphatic carbocycles. The molecule has 0 aliphatic rings. The van der Waals surface area contributed by atoms with Gasteiger partial charge in [-0.3, -0.25) is 0 Å². The summed E-state index contributed by atoms with van der Waals surface area (Å²) in [5.74, 6) is -0.289. The lowest BCUT2D eigenvalue weighted by atomic mass is 10.1. The van der Waals surface area contributed by atoms with Crippen LogP contribution in [0.2, 0.25) is 0 Å². The molecule has 0 aromatic heterocycles. The van der Waals surface area contributed by atoms with Gasteiger partial charge in [0.25, 0.3) is 0 Å². The maximum Gasteiger partial charge on any atom is 0.338 e. The zero-order valence-corrected chi connectivity index (χ0v) is 9.48. The topological polar surface area (TPSA) is 26.3 Å². The SMILES string of the molecule is C=CCC=CCOC(=O)c1ccc(C)cc1. The molecule has 0 aliphatic heterocycles. The van der Waals surface area contributed by atoms with Crippen molar-refractivity contribution in [3.8, 4) is 0 Å². The Morgan fingerprint density at radius 1 is 1.31 bits per heavy atom. The molecule has 0 radical (unpaired) electrons. The van der Waals surface area contributed by atoms with Crippen LogP contribution in [0.1, 0.15) is 22.3 Å². The first kappa shape index (κ1) is 12.2. The molecule has 0 fully saturated rings. The van der Waals surface area contributed by atoms with Gasteiger partial charge in [0.05, 0.1) is 5.56 Å². The molecule has 0 N–H and O–H groups in total. The van der Waals surface area contributed by atoms with Crippen LogP contribution in [0.5, 0.6) is 0 Å². The molecular weight excluding hydrogens is 200 g/mol. The number of rotatable bonds is 5. The molecule has 84 valence electrons. The summed E-state index contributed by atoms with van der Waals surface area (Å²) in [5, 5.41) is 0. The zero-order valence-electron chi connectivity index (χ0n) is 9.48. The number of esters is 1. The molecule has 16 heavy (non-hydrogen) atoms. The standard InChI is InChI=1S/C14H16O2/c1-3-4-5-6-11-16-14(15)13-9-7-12(2)8-10-13/h3,5-10H,1,4,11H2,2H3. The van der Waals surface area contributed by atoms with Gasteiger partial charge in [0, 0.05) is 0 Å². The fourth-order valence-corrected chi connectivity index (χ4v) is 1.16. The lowest BCUT2D eigenvalue weighted by Gasteiger charge is -2.01. The van der Waals surface area contributed by atoms with E-state index in [2.05, 4.69) is 6.58 Å². The first-order valence-corrected chi connectivity index (χ1v) is 5.23. The summed E-state index contributed by atoms with van der Waals surface area (Å²) in [6.07, 6.45) is 6.31. The summed E-state index contributed by atoms with van der Waals surface area (Å²) < 4.78 is 5.05. The molecule has 0 spiro atoms. The summed E-state index contributed by atoms with van der Waals surface area (Å²) in [5.41, 5.74) is 1.71. The molecule has 0 heterocycles. The van der Waals surface area contributed by atoms with E-state index >= 15 is 0 Å². The molecule has 0 atom stereocenters. The minimum Gasteiger partial charge on any atom is -0.458 e. The van der Waals surface area contributed by atoms with Crippen LogP contribution in [-0.4, -0.2) is 12.6 Å². The fourth-order valence-electron chi connectivity index (χ4n) is 1.16. The minimum atomic E-state index is -0.289. The minimum absolute atomic E-state index is 0.289. The van der Waals surface area contributed by atoms with Crippen molar-refractivity contribution in [2.45, 2.75) is 13.3 Å². The zero-order chi connectivity index (χ0) is 11.8. The highest BCUT2D eigenvalue weighted by Gasteiger charge is 2.04. The molecule has 1 rings (SSSR count). The number of allylic oxidation sites excluding steroid dienone is 2. The van der Waals surface area contributed by atoms with Crippen LogP contribution >= 0.6 is 0 Å². The summed E-state index contributed by atoms with van der Waals surface area (Å²) in [6, 6.07) is 7.32. The molecule has 0 saturated carbocycles. The van der Waals surface area contributed by atoms with E-state index in [9.17, 15) is 4.79 Å². The Kier molecular flexibility index (Phi) is 5.06. The summed E-state index contributed by atoms with van der Waals surface area (Å²) in [7, 11) is 0. The van der Waals surface area contributed by atoms with Crippen molar-refractivity contribution in [2.24, 2.45) is 0 Å². The van der Waals surface area contributed by atoms with Gasteiger partial charge < -0.3 is 4.74 Å². The van der Waals surface area contributed by atoms with E-state index in [1.165, 1.54) is 0 Å². The third-order valence-corrected chi connectivity index (χ3v) is 2.07. The molecule has 2 heteroatoms. The third-order valence-electron chi connectivity index (χ3n) is 2.07. The number of hydrogen-bond donors (Lipinski definition) is 0. The molecule has 2 nitrogen and oxygen atoms in total. The normalized spacial score (nSPS) is 10.3. The monoisotopic (exact) mass is 216 g/mol. The van der Waals surface area contributed by atoms with E-state index in [0.29, 0.717) is 12.2 Å². The van der Waals surface area contributed by atoms with Crippen LogP contribution in [-0.2, 0) is 4.74 Å². The van der Waals surface area contributed by atoms with E-state index in [0.717, 1.165) is 12.0 Å². The quantitative estimate of drug-likeness (QED) is 0.557. The van der Waals surface area contributed by atoms with Gasteiger partial charge in [0.2, 0.25) is 0 Å². The Bertz CT molecular complexity index is 374. The highest BCUT2D eigenvalue weighted by Crippen LogP contribution is 2.04. The van der Waals surface area contributed by atoms with Crippen molar-refractivity contribution < 1.29 is 9.53 Å². The number of hydrogen-bond acceptors (Lipinski definition) is 2. The Hall–Kier alpha value is -1.83. The summed E-state index contributed by atoms with van der Waals surface area (Å²) in [4.78, 5) is 11.5. The number of aryl methyl sites for hydroxylation is 1. The van der Waals surface area contributed by atoms with Crippen molar-refractivity contribution in [1.29, 1.82) is 0 Å². The number of ether oxygens (including phenoxy) is 1. The van der Waals surface area contributed by atoms with Crippen molar-refractivity contribution >= 4 is 5.97 Å². The van der Waals surface area contributed by atoms with Gasteiger partial charge in [0.15, 0.2) is 0 Å². The smallest absolute Gasteiger partial charge is 0.338 e. The van der Waals surface area contributed by atoms with Crippen molar-refractivity contribution in [1.82, 2.24) is 0 Å². The van der Waals surface area contributed by atoms with Crippen LogP contribution in [0.25, 0.3) is 0 Å². The van der Waals surface area contributed by atoms with Gasteiger partial charge in [-0.1, -0.05) is 35.9 Å². The van der Waals surface area contributed by atoms with E-state index in [4.69, 9.17) is 4.74 Å². The molecule has 1 aromatic carbocycles. The second-order valence-corrected chi connectivity index (χ2v) is 3.46. The number of carbonyl (C=O) groups excluding carboxylic acids is 1. The largest absolute Gasteiger partial charge is 0.458 e. The first-order valence-electron chi connectivity index (χ1n) is 5.23. The van der Waals surface area contributed by atoms with Gasteiger partial charge in [-0.2, -0.15) is 0 Å². The van der Waals surface area contributed by atoms with Crippen LogP contribution in [0.15, 0.2) is 49.1 Å². The molecule has 0 unspecified atom stereocenters. The van der Waals surface area contributed by atoms with Crippen molar-refractivity contribution in [2.75, 3.05) is 6.61 Å². The van der Waals surface area contributed by atoms with E-state index in [1.54, 1.807) is 18.2 Å². The van der Waals surface area contributed by atoms with E-state index in [-0.39, 0.29) is 5.97 Å². The molecule has 1 aromatic rings. The van der Waals surface area contributed by atoms with Gasteiger partial charge in [-0.15, -0.1) is 6.58 Å². The van der Waals surface area contributed by atoms with Crippen LogP contribution < -0.4 is 0 Å². The molecule has 0 bridgehead atoms. The van der Waals surface area contributed by atoms with E-state index < -0.39 is 0 Å². The maximum absolute atomic E-state index is 11.5. The van der Waals surface area contributed by atoms with Gasteiger partial charge in [-0.05, 0) is 25.5 Å². The molecular formula is C14H16O2. The Balaban J connectivity index is 2.41. The average Bonchev–Trinajstić information content (AvgIpc) is 2.29. The summed E-state index contributed by atoms with van der Waals surface area (Å²) >= 11 is 0. The predicted molar refractivity (Wildman–Crippen MR) is 65.4 cm³/mol. The maximum atomic E-state index is 11.5.